The Morgan fingerprint density at radius 1 is 1.30 bits per heavy atom. The molecule has 1 aromatic heterocycles. The van der Waals surface area contributed by atoms with E-state index in [2.05, 4.69) is 22.3 Å². The van der Waals surface area contributed by atoms with Crippen molar-refractivity contribution in [3.8, 4) is 5.75 Å². The number of hydrogen-bond donors (Lipinski definition) is 1. The lowest BCUT2D eigenvalue weighted by Gasteiger charge is -2.34. The van der Waals surface area contributed by atoms with Gasteiger partial charge in [-0.3, -0.25) is 4.79 Å². The first-order valence-electron chi connectivity index (χ1n) is 7.74. The number of ether oxygens (including phenoxy) is 1. The highest BCUT2D eigenvalue weighted by atomic mass is 16.5. The van der Waals surface area contributed by atoms with E-state index in [0.717, 1.165) is 29.0 Å². The quantitative estimate of drug-likeness (QED) is 0.923. The minimum Gasteiger partial charge on any atom is -0.496 e. The minimum absolute atomic E-state index is 0.170. The highest BCUT2D eigenvalue weighted by molar-refractivity contribution is 5.99. The summed E-state index contributed by atoms with van der Waals surface area (Å²) in [5, 5.41) is 7.62. The van der Waals surface area contributed by atoms with Crippen LogP contribution in [0.2, 0.25) is 0 Å². The number of methoxy groups -OCH3 is 1. The molecule has 23 heavy (non-hydrogen) atoms. The van der Waals surface area contributed by atoms with Crippen LogP contribution in [0.15, 0.2) is 41.9 Å². The fraction of sp³-hybridized carbons (Fsp3) is 0.353. The number of ketones is 1. The fourth-order valence-corrected chi connectivity index (χ4v) is 3.53. The van der Waals surface area contributed by atoms with E-state index in [9.17, 15) is 4.79 Å². The molecule has 0 fully saturated rings. The number of hydrogen-bond acceptors (Lipinski definition) is 5. The van der Waals surface area contributed by atoms with Gasteiger partial charge in [-0.1, -0.05) is 25.1 Å². The number of rotatable bonds is 2. The van der Waals surface area contributed by atoms with Crippen molar-refractivity contribution < 1.29 is 9.53 Å². The Bertz CT molecular complexity index is 808. The molecule has 1 aliphatic carbocycles. The molecule has 1 aromatic carbocycles. The van der Waals surface area contributed by atoms with Gasteiger partial charge in [-0.25, -0.2) is 4.68 Å². The van der Waals surface area contributed by atoms with Crippen LogP contribution in [0.3, 0.4) is 0 Å². The zero-order chi connectivity index (χ0) is 16.0. The number of nitrogens with one attached hydrogen (secondary N) is 1. The van der Waals surface area contributed by atoms with E-state index in [0.29, 0.717) is 18.3 Å². The molecule has 0 saturated carbocycles. The summed E-state index contributed by atoms with van der Waals surface area (Å²) >= 11 is 0. The molecule has 1 aliphatic heterocycles. The molecule has 2 heterocycles. The molecular formula is C17H18N4O2. The first-order valence-corrected chi connectivity index (χ1v) is 7.74. The second kappa shape index (κ2) is 5.22. The molecule has 118 valence electrons. The lowest BCUT2D eigenvalue weighted by atomic mass is 9.81. The zero-order valence-corrected chi connectivity index (χ0v) is 13.1. The van der Waals surface area contributed by atoms with Crippen molar-refractivity contribution in [3.63, 3.8) is 0 Å². The summed E-state index contributed by atoms with van der Waals surface area (Å²) < 4.78 is 7.28. The smallest absolute Gasteiger partial charge is 0.226 e. The number of anilines is 1. The molecule has 0 amide bonds. The number of allylic oxidation sites excluding steroid dienone is 2. The Kier molecular flexibility index (Phi) is 3.18. The van der Waals surface area contributed by atoms with Crippen molar-refractivity contribution in [3.05, 3.63) is 47.4 Å². The fourth-order valence-electron chi connectivity index (χ4n) is 3.53. The van der Waals surface area contributed by atoms with Crippen molar-refractivity contribution >= 4 is 11.7 Å². The average Bonchev–Trinajstić information content (AvgIpc) is 3.00. The Morgan fingerprint density at radius 2 is 2.13 bits per heavy atom. The number of fused-ring (bicyclic) bond motifs is 1. The summed E-state index contributed by atoms with van der Waals surface area (Å²) in [6, 6.07) is 7.47. The number of aromatic nitrogens is 3. The number of carbonyl (C=O) groups excluding carboxylic acids is 1. The lowest BCUT2D eigenvalue weighted by Crippen LogP contribution is -2.33. The molecule has 0 bridgehead atoms. The summed E-state index contributed by atoms with van der Waals surface area (Å²) in [4.78, 5) is 17.0. The van der Waals surface area contributed by atoms with Crippen LogP contribution >= 0.6 is 0 Å². The van der Waals surface area contributed by atoms with Gasteiger partial charge in [0.05, 0.1) is 7.11 Å². The Hall–Kier alpha value is -2.63. The second-order valence-electron chi connectivity index (χ2n) is 6.13. The van der Waals surface area contributed by atoms with E-state index >= 15 is 0 Å². The molecule has 2 atom stereocenters. The number of nitrogens with zero attached hydrogens (tertiary/aromatic N) is 3. The number of para-hydroxylation sites is 1. The molecule has 0 radical (unpaired) electrons. The summed E-state index contributed by atoms with van der Waals surface area (Å²) in [6.07, 6.45) is 2.92. The van der Waals surface area contributed by atoms with Crippen LogP contribution in [-0.4, -0.2) is 27.7 Å². The third kappa shape index (κ3) is 2.13. The van der Waals surface area contributed by atoms with Gasteiger partial charge in [-0.05, 0) is 18.4 Å². The van der Waals surface area contributed by atoms with Crippen LogP contribution in [0.1, 0.15) is 31.4 Å². The van der Waals surface area contributed by atoms with Crippen molar-refractivity contribution in [2.24, 2.45) is 5.92 Å². The molecule has 4 rings (SSSR count). The lowest BCUT2D eigenvalue weighted by molar-refractivity contribution is -0.117. The maximum absolute atomic E-state index is 12.8. The first-order chi connectivity index (χ1) is 11.2. The monoisotopic (exact) mass is 310 g/mol. The standard InChI is InChI=1S/C17H18N4O2/c1-10-7-12-15(13(22)8-10)16(21-17(20-12)18-9-19-21)11-5-3-4-6-14(11)23-2/h3-6,9-10,16H,7-8H2,1-2H3,(H,18,19,20)/t10-,16-/m1/s1. The molecule has 0 unspecified atom stereocenters. The van der Waals surface area contributed by atoms with Gasteiger partial charge < -0.3 is 10.1 Å². The average molecular weight is 310 g/mol. The van der Waals surface area contributed by atoms with E-state index in [4.69, 9.17) is 4.74 Å². The highest BCUT2D eigenvalue weighted by Gasteiger charge is 2.38. The number of Topliss-reactive ketones (excluding diaryl/α,β-unsaturated/α-hetero) is 1. The first kappa shape index (κ1) is 14.0. The van der Waals surface area contributed by atoms with Crippen molar-refractivity contribution in [2.75, 3.05) is 12.4 Å². The van der Waals surface area contributed by atoms with Gasteiger partial charge in [0.25, 0.3) is 0 Å². The predicted octanol–water partition coefficient (Wildman–Crippen LogP) is 2.55. The Labute approximate surface area is 134 Å². The van der Waals surface area contributed by atoms with Gasteiger partial charge in [0.2, 0.25) is 5.95 Å². The van der Waals surface area contributed by atoms with Gasteiger partial charge in [-0.15, -0.1) is 0 Å². The van der Waals surface area contributed by atoms with Gasteiger partial charge in [0, 0.05) is 23.3 Å². The normalized spacial score (nSPS) is 23.1. The van der Waals surface area contributed by atoms with E-state index < -0.39 is 0 Å². The van der Waals surface area contributed by atoms with Gasteiger partial charge in [0.1, 0.15) is 18.1 Å². The van der Waals surface area contributed by atoms with Gasteiger partial charge in [0.15, 0.2) is 5.78 Å². The van der Waals surface area contributed by atoms with Crippen LogP contribution in [0.25, 0.3) is 0 Å². The largest absolute Gasteiger partial charge is 0.496 e. The van der Waals surface area contributed by atoms with Crippen LogP contribution in [0.4, 0.5) is 5.95 Å². The molecule has 0 saturated heterocycles. The van der Waals surface area contributed by atoms with E-state index in [1.807, 2.05) is 24.3 Å². The molecule has 6 nitrogen and oxygen atoms in total. The summed E-state index contributed by atoms with van der Waals surface area (Å²) in [6.45, 7) is 2.10. The van der Waals surface area contributed by atoms with Crippen molar-refractivity contribution in [1.29, 1.82) is 0 Å². The van der Waals surface area contributed by atoms with Crippen LogP contribution < -0.4 is 10.1 Å². The Balaban J connectivity index is 1.94. The third-order valence-corrected chi connectivity index (χ3v) is 4.50. The van der Waals surface area contributed by atoms with Gasteiger partial charge >= 0.3 is 0 Å². The van der Waals surface area contributed by atoms with E-state index in [-0.39, 0.29) is 11.8 Å². The molecule has 2 aromatic rings. The summed E-state index contributed by atoms with van der Waals surface area (Å²) in [7, 11) is 1.64. The number of benzene rings is 1. The van der Waals surface area contributed by atoms with Crippen LogP contribution in [0, 0.1) is 5.92 Å². The predicted molar refractivity (Wildman–Crippen MR) is 85.2 cm³/mol. The third-order valence-electron chi connectivity index (χ3n) is 4.50. The number of carbonyl (C=O) groups is 1. The molecule has 1 N–H and O–H groups in total. The van der Waals surface area contributed by atoms with E-state index in [1.54, 1.807) is 11.8 Å². The zero-order valence-electron chi connectivity index (χ0n) is 13.1. The maximum atomic E-state index is 12.8. The molecule has 0 spiro atoms. The summed E-state index contributed by atoms with van der Waals surface area (Å²) in [5.41, 5.74) is 2.68. The maximum Gasteiger partial charge on any atom is 0.226 e. The Morgan fingerprint density at radius 3 is 2.96 bits per heavy atom. The van der Waals surface area contributed by atoms with Crippen LogP contribution in [-0.2, 0) is 4.79 Å². The molecular weight excluding hydrogens is 292 g/mol. The second-order valence-corrected chi connectivity index (χ2v) is 6.13. The molecule has 2 aliphatic rings. The van der Waals surface area contributed by atoms with Crippen LogP contribution in [0.5, 0.6) is 5.75 Å². The van der Waals surface area contributed by atoms with Crippen molar-refractivity contribution in [1.82, 2.24) is 14.8 Å². The van der Waals surface area contributed by atoms with E-state index in [1.165, 1.54) is 6.33 Å². The molecule has 6 heteroatoms. The summed E-state index contributed by atoms with van der Waals surface area (Å²) in [5.74, 6) is 1.92. The highest BCUT2D eigenvalue weighted by Crippen LogP contribution is 2.43. The van der Waals surface area contributed by atoms with Gasteiger partial charge in [-0.2, -0.15) is 10.1 Å². The topological polar surface area (TPSA) is 69.0 Å². The SMILES string of the molecule is COc1ccccc1[C@@H]1C2=C(C[C@@H](C)CC2=O)Nc2ncnn21. The van der Waals surface area contributed by atoms with Crippen molar-refractivity contribution in [2.45, 2.75) is 25.8 Å². The minimum atomic E-state index is -0.292.